The van der Waals surface area contributed by atoms with Gasteiger partial charge in [-0.05, 0) is 38.3 Å². The second kappa shape index (κ2) is 8.04. The van der Waals surface area contributed by atoms with Crippen molar-refractivity contribution in [1.82, 2.24) is 10.2 Å². The number of nitrogens with zero attached hydrogens (tertiary/aromatic N) is 1. The number of hydrogen-bond donors (Lipinski definition) is 1. The Morgan fingerprint density at radius 2 is 2.00 bits per heavy atom. The smallest absolute Gasteiger partial charge is 0.0469 e. The molecule has 3 nitrogen and oxygen atoms in total. The van der Waals surface area contributed by atoms with Crippen LogP contribution in [0.15, 0.2) is 0 Å². The normalized spacial score (nSPS) is 18.6. The molecule has 0 aromatic heterocycles. The van der Waals surface area contributed by atoms with Crippen molar-refractivity contribution >= 4 is 0 Å². The van der Waals surface area contributed by atoms with E-state index in [4.69, 9.17) is 4.74 Å². The Bertz CT molecular complexity index is 167. The van der Waals surface area contributed by atoms with Crippen molar-refractivity contribution in [3.05, 3.63) is 0 Å². The number of ether oxygens (including phenoxy) is 1. The van der Waals surface area contributed by atoms with Crippen LogP contribution in [0, 0.1) is 11.8 Å². The van der Waals surface area contributed by atoms with Crippen molar-refractivity contribution < 1.29 is 4.74 Å². The first-order chi connectivity index (χ1) is 7.68. The molecule has 1 fully saturated rings. The van der Waals surface area contributed by atoms with Gasteiger partial charge in [0.2, 0.25) is 0 Å². The molecule has 1 aliphatic rings. The highest BCUT2D eigenvalue weighted by atomic mass is 16.5. The maximum Gasteiger partial charge on any atom is 0.0469 e. The fraction of sp³-hybridized carbons (Fsp3) is 1.00. The van der Waals surface area contributed by atoms with Crippen molar-refractivity contribution in [2.24, 2.45) is 11.8 Å². The summed E-state index contributed by atoms with van der Waals surface area (Å²) in [5.74, 6) is 1.60. The molecule has 0 bridgehead atoms. The largest absolute Gasteiger partial charge is 0.381 e. The molecule has 1 heterocycles. The molecular weight excluding hydrogens is 200 g/mol. The average molecular weight is 228 g/mol. The highest BCUT2D eigenvalue weighted by Crippen LogP contribution is 2.15. The Hall–Kier alpha value is -0.120. The Morgan fingerprint density at radius 1 is 1.31 bits per heavy atom. The summed E-state index contributed by atoms with van der Waals surface area (Å²) in [4.78, 5) is 2.45. The molecular formula is C13H28N2O. The van der Waals surface area contributed by atoms with E-state index in [1.54, 1.807) is 0 Å². The summed E-state index contributed by atoms with van der Waals surface area (Å²) >= 11 is 0. The molecule has 0 aliphatic carbocycles. The molecule has 1 N–H and O–H groups in total. The lowest BCUT2D eigenvalue weighted by molar-refractivity contribution is 0.0558. The zero-order chi connectivity index (χ0) is 11.8. The third kappa shape index (κ3) is 6.46. The van der Waals surface area contributed by atoms with E-state index in [0.29, 0.717) is 0 Å². The van der Waals surface area contributed by atoms with Gasteiger partial charge in [-0.1, -0.05) is 13.8 Å². The number of likely N-dealkylation sites (N-methyl/N-ethyl adjacent to an activating group) is 1. The van der Waals surface area contributed by atoms with Gasteiger partial charge >= 0.3 is 0 Å². The first-order valence-electron chi connectivity index (χ1n) is 6.65. The van der Waals surface area contributed by atoms with E-state index in [1.807, 2.05) is 0 Å². The fourth-order valence-corrected chi connectivity index (χ4v) is 2.12. The molecule has 0 radical (unpaired) electrons. The van der Waals surface area contributed by atoms with Gasteiger partial charge < -0.3 is 15.0 Å². The second-order valence-electron chi connectivity index (χ2n) is 5.42. The molecule has 3 heteroatoms. The van der Waals surface area contributed by atoms with E-state index < -0.39 is 0 Å². The van der Waals surface area contributed by atoms with E-state index in [1.165, 1.54) is 19.4 Å². The quantitative estimate of drug-likeness (QED) is 0.670. The number of hydrogen-bond acceptors (Lipinski definition) is 3. The minimum Gasteiger partial charge on any atom is -0.381 e. The van der Waals surface area contributed by atoms with Crippen molar-refractivity contribution in [3.63, 3.8) is 0 Å². The Labute approximate surface area is 101 Å². The van der Waals surface area contributed by atoms with Crippen LogP contribution in [-0.4, -0.2) is 51.3 Å². The zero-order valence-corrected chi connectivity index (χ0v) is 11.2. The van der Waals surface area contributed by atoms with Crippen LogP contribution in [0.4, 0.5) is 0 Å². The molecule has 1 saturated heterocycles. The summed E-state index contributed by atoms with van der Waals surface area (Å²) in [5.41, 5.74) is 0. The van der Waals surface area contributed by atoms with Crippen molar-refractivity contribution in [3.8, 4) is 0 Å². The van der Waals surface area contributed by atoms with Gasteiger partial charge in [0.25, 0.3) is 0 Å². The number of nitrogens with one attached hydrogen (secondary N) is 1. The summed E-state index contributed by atoms with van der Waals surface area (Å²) in [6, 6.07) is 0. The average Bonchev–Trinajstić information content (AvgIpc) is 2.25. The van der Waals surface area contributed by atoms with E-state index in [-0.39, 0.29) is 0 Å². The van der Waals surface area contributed by atoms with E-state index >= 15 is 0 Å². The maximum absolute atomic E-state index is 5.38. The van der Waals surface area contributed by atoms with Gasteiger partial charge in [-0.2, -0.15) is 0 Å². The standard InChI is InChI=1S/C13H28N2O/c1-12(2)10-14-6-7-15(3)11-13-4-8-16-9-5-13/h12-14H,4-11H2,1-3H3. The lowest BCUT2D eigenvalue weighted by Gasteiger charge is -2.27. The van der Waals surface area contributed by atoms with E-state index in [9.17, 15) is 0 Å². The SMILES string of the molecule is CC(C)CNCCN(C)CC1CCOCC1. The van der Waals surface area contributed by atoms with Gasteiger partial charge in [0.15, 0.2) is 0 Å². The van der Waals surface area contributed by atoms with Crippen LogP contribution in [-0.2, 0) is 4.74 Å². The van der Waals surface area contributed by atoms with Gasteiger partial charge in [-0.15, -0.1) is 0 Å². The Kier molecular flexibility index (Phi) is 7.01. The number of rotatable bonds is 7. The van der Waals surface area contributed by atoms with Gasteiger partial charge in [-0.25, -0.2) is 0 Å². The molecule has 0 atom stereocenters. The topological polar surface area (TPSA) is 24.5 Å². The van der Waals surface area contributed by atoms with Crippen molar-refractivity contribution in [1.29, 1.82) is 0 Å². The minimum absolute atomic E-state index is 0.751. The molecule has 0 amide bonds. The Balaban J connectivity index is 1.99. The van der Waals surface area contributed by atoms with Crippen LogP contribution in [0.25, 0.3) is 0 Å². The molecule has 0 saturated carbocycles. The molecule has 0 aromatic carbocycles. The van der Waals surface area contributed by atoms with E-state index in [0.717, 1.165) is 44.7 Å². The molecule has 0 unspecified atom stereocenters. The van der Waals surface area contributed by atoms with Crippen LogP contribution in [0.5, 0.6) is 0 Å². The first-order valence-corrected chi connectivity index (χ1v) is 6.65. The molecule has 1 aliphatic heterocycles. The highest BCUT2D eigenvalue weighted by Gasteiger charge is 2.15. The summed E-state index contributed by atoms with van der Waals surface area (Å²) < 4.78 is 5.38. The fourth-order valence-electron chi connectivity index (χ4n) is 2.12. The summed E-state index contributed by atoms with van der Waals surface area (Å²) in [6.45, 7) is 11.0. The van der Waals surface area contributed by atoms with Gasteiger partial charge in [0.1, 0.15) is 0 Å². The van der Waals surface area contributed by atoms with Crippen molar-refractivity contribution in [2.75, 3.05) is 46.4 Å². The van der Waals surface area contributed by atoms with Gasteiger partial charge in [-0.3, -0.25) is 0 Å². The van der Waals surface area contributed by atoms with Gasteiger partial charge in [0, 0.05) is 32.8 Å². The third-order valence-corrected chi connectivity index (χ3v) is 3.13. The van der Waals surface area contributed by atoms with Crippen molar-refractivity contribution in [2.45, 2.75) is 26.7 Å². The van der Waals surface area contributed by atoms with Crippen LogP contribution in [0.1, 0.15) is 26.7 Å². The molecule has 96 valence electrons. The molecule has 0 aromatic rings. The molecule has 0 spiro atoms. The predicted molar refractivity (Wildman–Crippen MR) is 68.7 cm³/mol. The van der Waals surface area contributed by atoms with Crippen LogP contribution in [0.2, 0.25) is 0 Å². The summed E-state index contributed by atoms with van der Waals surface area (Å²) in [5, 5.41) is 3.49. The van der Waals surface area contributed by atoms with Crippen LogP contribution in [0.3, 0.4) is 0 Å². The summed E-state index contributed by atoms with van der Waals surface area (Å²) in [7, 11) is 2.23. The van der Waals surface area contributed by atoms with Gasteiger partial charge in [0.05, 0.1) is 0 Å². The second-order valence-corrected chi connectivity index (χ2v) is 5.42. The third-order valence-electron chi connectivity index (χ3n) is 3.13. The molecule has 1 rings (SSSR count). The lowest BCUT2D eigenvalue weighted by atomic mass is 10.00. The van der Waals surface area contributed by atoms with Crippen LogP contribution >= 0.6 is 0 Å². The monoisotopic (exact) mass is 228 g/mol. The zero-order valence-electron chi connectivity index (χ0n) is 11.2. The predicted octanol–water partition coefficient (Wildman–Crippen LogP) is 1.59. The van der Waals surface area contributed by atoms with E-state index in [2.05, 4.69) is 31.1 Å². The maximum atomic E-state index is 5.38. The highest BCUT2D eigenvalue weighted by molar-refractivity contribution is 4.67. The van der Waals surface area contributed by atoms with Crippen LogP contribution < -0.4 is 5.32 Å². The summed E-state index contributed by atoms with van der Waals surface area (Å²) in [6.07, 6.45) is 2.48. The molecule has 16 heavy (non-hydrogen) atoms. The Morgan fingerprint density at radius 3 is 2.62 bits per heavy atom. The lowest BCUT2D eigenvalue weighted by Crippen LogP contribution is -2.35. The minimum atomic E-state index is 0.751. The first kappa shape index (κ1) is 13.9.